The van der Waals surface area contributed by atoms with Crippen molar-refractivity contribution in [1.82, 2.24) is 4.57 Å². The third-order valence-electron chi connectivity index (χ3n) is 6.36. The van der Waals surface area contributed by atoms with E-state index in [1.165, 1.54) is 12.8 Å². The van der Waals surface area contributed by atoms with Gasteiger partial charge in [-0.05, 0) is 83.1 Å². The number of pyridine rings is 1. The number of aromatic nitrogens is 1. The maximum Gasteiger partial charge on any atom is 0.344 e. The Morgan fingerprint density at radius 1 is 1.16 bits per heavy atom. The minimum absolute atomic E-state index is 0.0780. The summed E-state index contributed by atoms with van der Waals surface area (Å²) in [6, 6.07) is 5.81. The highest BCUT2D eigenvalue weighted by Gasteiger charge is 2.36. The van der Waals surface area contributed by atoms with Crippen molar-refractivity contribution in [2.45, 2.75) is 87.7 Å². The first kappa shape index (κ1) is 21.9. The lowest BCUT2D eigenvalue weighted by Crippen LogP contribution is -2.31. The van der Waals surface area contributed by atoms with Gasteiger partial charge in [-0.15, -0.1) is 11.8 Å². The maximum absolute atomic E-state index is 13.4. The van der Waals surface area contributed by atoms with Gasteiger partial charge < -0.3 is 14.0 Å². The Morgan fingerprint density at radius 3 is 2.53 bits per heavy atom. The zero-order chi connectivity index (χ0) is 22.6. The number of benzene rings is 1. The van der Waals surface area contributed by atoms with Crippen LogP contribution in [0.3, 0.4) is 0 Å². The molecule has 3 aliphatic rings. The van der Waals surface area contributed by atoms with E-state index in [1.54, 1.807) is 31.7 Å². The van der Waals surface area contributed by atoms with E-state index < -0.39 is 5.97 Å². The summed E-state index contributed by atoms with van der Waals surface area (Å²) in [4.78, 5) is 27.2. The minimum Gasteiger partial charge on any atom is -0.489 e. The standard InChI is InChI=1S/C25H28ClNO4S/c1-13(2)30-25(29)19-10-17-14(3)32-22-12-21(31-16-6-4-5-7-16)20(26)11-18(22)23(17)27(24(19)28)15-8-9-15/h10-16H,4-9H2,1-3H3. The van der Waals surface area contributed by atoms with Crippen molar-refractivity contribution in [3.63, 3.8) is 0 Å². The van der Waals surface area contributed by atoms with Gasteiger partial charge in [-0.25, -0.2) is 4.79 Å². The summed E-state index contributed by atoms with van der Waals surface area (Å²) < 4.78 is 13.4. The van der Waals surface area contributed by atoms with Crippen LogP contribution in [0.1, 0.15) is 86.5 Å². The summed E-state index contributed by atoms with van der Waals surface area (Å²) in [6.07, 6.45) is 6.33. The largest absolute Gasteiger partial charge is 0.489 e. The van der Waals surface area contributed by atoms with Gasteiger partial charge in [-0.2, -0.15) is 0 Å². The number of esters is 1. The number of carbonyl (C=O) groups is 1. The van der Waals surface area contributed by atoms with Crippen LogP contribution in [0.25, 0.3) is 11.3 Å². The van der Waals surface area contributed by atoms with Crippen molar-refractivity contribution in [1.29, 1.82) is 0 Å². The molecular formula is C25H28ClNO4S. The third kappa shape index (κ3) is 3.96. The number of carbonyl (C=O) groups excluding carboxylic acids is 1. The molecule has 2 saturated carbocycles. The van der Waals surface area contributed by atoms with Crippen molar-refractivity contribution in [3.05, 3.63) is 44.7 Å². The van der Waals surface area contributed by atoms with Crippen LogP contribution in [0.4, 0.5) is 0 Å². The second kappa shape index (κ2) is 8.45. The van der Waals surface area contributed by atoms with Crippen LogP contribution in [0.2, 0.25) is 5.02 Å². The summed E-state index contributed by atoms with van der Waals surface area (Å²) in [5.74, 6) is 0.168. The zero-order valence-electron chi connectivity index (χ0n) is 18.7. The molecule has 1 atom stereocenters. The second-order valence-electron chi connectivity index (χ2n) is 9.29. The van der Waals surface area contributed by atoms with E-state index in [0.29, 0.717) is 5.02 Å². The first-order chi connectivity index (χ1) is 15.3. The van der Waals surface area contributed by atoms with Crippen LogP contribution in [0.15, 0.2) is 27.9 Å². The molecule has 2 aromatic rings. The number of rotatable bonds is 5. The molecule has 0 spiro atoms. The Bertz CT molecular complexity index is 1130. The lowest BCUT2D eigenvalue weighted by Gasteiger charge is -2.29. The molecule has 1 aromatic heterocycles. The molecule has 2 fully saturated rings. The van der Waals surface area contributed by atoms with Crippen LogP contribution < -0.4 is 10.3 Å². The summed E-state index contributed by atoms with van der Waals surface area (Å²) in [5.41, 5.74) is 2.65. The average molecular weight is 474 g/mol. The lowest BCUT2D eigenvalue weighted by molar-refractivity contribution is 0.0375. The summed E-state index contributed by atoms with van der Waals surface area (Å²) in [5, 5.41) is 0.643. The van der Waals surface area contributed by atoms with Crippen molar-refractivity contribution in [3.8, 4) is 17.0 Å². The first-order valence-electron chi connectivity index (χ1n) is 11.5. The number of fused-ring (bicyclic) bond motifs is 3. The highest BCUT2D eigenvalue weighted by molar-refractivity contribution is 7.99. The highest BCUT2D eigenvalue weighted by atomic mass is 35.5. The molecule has 5 nitrogen and oxygen atoms in total. The fourth-order valence-electron chi connectivity index (χ4n) is 4.70. The Kier molecular flexibility index (Phi) is 5.79. The normalized spacial score (nSPS) is 20.2. The molecule has 1 aromatic carbocycles. The molecule has 2 aliphatic carbocycles. The van der Waals surface area contributed by atoms with Crippen molar-refractivity contribution in [2.75, 3.05) is 0 Å². The Hall–Kier alpha value is -1.92. The van der Waals surface area contributed by atoms with E-state index >= 15 is 0 Å². The summed E-state index contributed by atoms with van der Waals surface area (Å²) in [6.45, 7) is 5.69. The fraction of sp³-hybridized carbons (Fsp3) is 0.520. The van der Waals surface area contributed by atoms with Gasteiger partial charge in [-0.3, -0.25) is 4.79 Å². The minimum atomic E-state index is -0.552. The van der Waals surface area contributed by atoms with Gasteiger partial charge in [0.15, 0.2) is 0 Å². The van der Waals surface area contributed by atoms with Gasteiger partial charge in [0, 0.05) is 21.8 Å². The molecule has 170 valence electrons. The Labute approximate surface area is 197 Å². The van der Waals surface area contributed by atoms with E-state index in [1.807, 2.05) is 16.7 Å². The Balaban J connectivity index is 1.64. The van der Waals surface area contributed by atoms with E-state index in [4.69, 9.17) is 21.1 Å². The molecule has 0 radical (unpaired) electrons. The average Bonchev–Trinajstić information content (AvgIpc) is 3.43. The van der Waals surface area contributed by atoms with Crippen molar-refractivity contribution >= 4 is 29.3 Å². The lowest BCUT2D eigenvalue weighted by atomic mass is 9.99. The molecule has 2 heterocycles. The van der Waals surface area contributed by atoms with Crippen molar-refractivity contribution in [2.24, 2.45) is 0 Å². The maximum atomic E-state index is 13.4. The van der Waals surface area contributed by atoms with Crippen LogP contribution in [-0.4, -0.2) is 22.7 Å². The summed E-state index contributed by atoms with van der Waals surface area (Å²) in [7, 11) is 0. The number of halogens is 1. The monoisotopic (exact) mass is 473 g/mol. The molecule has 0 bridgehead atoms. The Morgan fingerprint density at radius 2 is 1.88 bits per heavy atom. The van der Waals surface area contributed by atoms with Gasteiger partial charge >= 0.3 is 5.97 Å². The fourth-order valence-corrected chi connectivity index (χ4v) is 6.06. The van der Waals surface area contributed by atoms with E-state index in [9.17, 15) is 9.59 Å². The quantitative estimate of drug-likeness (QED) is 0.460. The predicted molar refractivity (Wildman–Crippen MR) is 127 cm³/mol. The molecule has 5 rings (SSSR count). The first-order valence-corrected chi connectivity index (χ1v) is 12.8. The van der Waals surface area contributed by atoms with Gasteiger partial charge in [-0.1, -0.05) is 11.6 Å². The molecule has 0 N–H and O–H groups in total. The topological polar surface area (TPSA) is 57.5 Å². The van der Waals surface area contributed by atoms with Gasteiger partial charge in [0.1, 0.15) is 11.3 Å². The van der Waals surface area contributed by atoms with Gasteiger partial charge in [0.05, 0.1) is 22.9 Å². The molecule has 7 heteroatoms. The van der Waals surface area contributed by atoms with Crippen LogP contribution in [0, 0.1) is 0 Å². The summed E-state index contributed by atoms with van der Waals surface area (Å²) >= 11 is 8.38. The van der Waals surface area contributed by atoms with Gasteiger partial charge in [0.2, 0.25) is 0 Å². The van der Waals surface area contributed by atoms with E-state index in [2.05, 4.69) is 6.92 Å². The number of thioether (sulfide) groups is 1. The van der Waals surface area contributed by atoms with E-state index in [0.717, 1.165) is 53.1 Å². The number of hydrogen-bond donors (Lipinski definition) is 0. The molecule has 1 unspecified atom stereocenters. The molecule has 1 aliphatic heterocycles. The van der Waals surface area contributed by atoms with Crippen molar-refractivity contribution < 1.29 is 14.3 Å². The number of ether oxygens (including phenoxy) is 2. The zero-order valence-corrected chi connectivity index (χ0v) is 20.2. The molecule has 0 amide bonds. The van der Waals surface area contributed by atoms with Gasteiger partial charge in [0.25, 0.3) is 5.56 Å². The molecule has 0 saturated heterocycles. The highest BCUT2D eigenvalue weighted by Crippen LogP contribution is 2.53. The molecule has 32 heavy (non-hydrogen) atoms. The third-order valence-corrected chi connectivity index (χ3v) is 7.86. The SMILES string of the molecule is CC(C)OC(=O)c1cc2c(n(C3CC3)c1=O)-c1cc(Cl)c(OC3CCCC3)cc1SC2C. The van der Waals surface area contributed by atoms with Crippen LogP contribution >= 0.6 is 23.4 Å². The van der Waals surface area contributed by atoms with Crippen LogP contribution in [-0.2, 0) is 4.74 Å². The second-order valence-corrected chi connectivity index (χ2v) is 11.1. The van der Waals surface area contributed by atoms with E-state index in [-0.39, 0.29) is 34.6 Å². The smallest absolute Gasteiger partial charge is 0.344 e. The number of hydrogen-bond acceptors (Lipinski definition) is 5. The molecular weight excluding hydrogens is 446 g/mol. The number of nitrogens with zero attached hydrogens (tertiary/aromatic N) is 1. The predicted octanol–water partition coefficient (Wildman–Crippen LogP) is 6.56. The van der Waals surface area contributed by atoms with Crippen LogP contribution in [0.5, 0.6) is 5.75 Å².